The molecule has 2 aliphatic carbocycles. The lowest BCUT2D eigenvalue weighted by Gasteiger charge is -2.53. The van der Waals surface area contributed by atoms with Gasteiger partial charge in [0.05, 0.1) is 23.2 Å². The van der Waals surface area contributed by atoms with Gasteiger partial charge in [0.2, 0.25) is 0 Å². The van der Waals surface area contributed by atoms with Crippen LogP contribution in [0.4, 0.5) is 0 Å². The maximum absolute atomic E-state index is 12.9. The Balaban J connectivity index is 1.73. The molecule has 5 rings (SSSR count). The van der Waals surface area contributed by atoms with E-state index in [2.05, 4.69) is 0 Å². The summed E-state index contributed by atoms with van der Waals surface area (Å²) in [7, 11) is 0. The molecule has 1 N–H and O–H groups in total. The van der Waals surface area contributed by atoms with Gasteiger partial charge in [-0.3, -0.25) is 14.4 Å². The molecule has 0 aromatic carbocycles. The van der Waals surface area contributed by atoms with Crippen molar-refractivity contribution >= 4 is 23.9 Å². The maximum Gasteiger partial charge on any atom is 0.342 e. The summed E-state index contributed by atoms with van der Waals surface area (Å²) in [6.45, 7) is 11.2. The number of ether oxygens (including phenoxy) is 6. The van der Waals surface area contributed by atoms with E-state index in [9.17, 15) is 24.3 Å². The van der Waals surface area contributed by atoms with Gasteiger partial charge in [0.25, 0.3) is 0 Å². The molecule has 3 aliphatic heterocycles. The van der Waals surface area contributed by atoms with Crippen molar-refractivity contribution in [3.8, 4) is 0 Å². The van der Waals surface area contributed by atoms with Gasteiger partial charge >= 0.3 is 23.9 Å². The number of aliphatic hydroxyl groups is 1. The second-order valence-corrected chi connectivity index (χ2v) is 11.7. The first-order valence-electron chi connectivity index (χ1n) is 13.1. The molecule has 11 nitrogen and oxygen atoms in total. The zero-order valence-electron chi connectivity index (χ0n) is 22.8. The summed E-state index contributed by atoms with van der Waals surface area (Å²) < 4.78 is 35.4. The number of epoxide rings is 2. The fraction of sp³-hybridized carbons (Fsp3) is 0.778. The van der Waals surface area contributed by atoms with Crippen LogP contribution in [-0.4, -0.2) is 82.4 Å². The van der Waals surface area contributed by atoms with Gasteiger partial charge in [-0.1, -0.05) is 13.8 Å². The van der Waals surface area contributed by atoms with Crippen molar-refractivity contribution in [2.75, 3.05) is 0 Å². The number of fused-ring (bicyclic) bond motifs is 3. The molecule has 11 atom stereocenters. The van der Waals surface area contributed by atoms with Crippen molar-refractivity contribution < 1.29 is 52.7 Å². The van der Waals surface area contributed by atoms with Gasteiger partial charge in [-0.15, -0.1) is 0 Å². The summed E-state index contributed by atoms with van der Waals surface area (Å²) in [5, 5.41) is 12.2. The van der Waals surface area contributed by atoms with Crippen molar-refractivity contribution in [1.29, 1.82) is 0 Å². The number of hydrogen-bond acceptors (Lipinski definition) is 11. The molecule has 3 saturated heterocycles. The molecule has 0 amide bonds. The number of rotatable bonds is 4. The number of esters is 4. The van der Waals surface area contributed by atoms with E-state index >= 15 is 0 Å². The Bertz CT molecular complexity index is 1120. The van der Waals surface area contributed by atoms with Gasteiger partial charge in [0.15, 0.2) is 17.3 Å². The molecule has 0 aromatic rings. The number of hydrogen-bond donors (Lipinski definition) is 1. The summed E-state index contributed by atoms with van der Waals surface area (Å²) in [6.07, 6.45) is -3.25. The summed E-state index contributed by atoms with van der Waals surface area (Å²) in [5.41, 5.74) is -4.47. The molecule has 0 bridgehead atoms. The molecule has 3 heterocycles. The van der Waals surface area contributed by atoms with Crippen LogP contribution in [0.1, 0.15) is 67.7 Å². The Morgan fingerprint density at radius 1 is 1.05 bits per heavy atom. The van der Waals surface area contributed by atoms with Gasteiger partial charge in [0.1, 0.15) is 18.3 Å². The monoisotopic (exact) mass is 536 g/mol. The minimum atomic E-state index is -1.47. The molecule has 5 aliphatic rings. The highest BCUT2D eigenvalue weighted by Crippen LogP contribution is 2.69. The molecule has 38 heavy (non-hydrogen) atoms. The van der Waals surface area contributed by atoms with Crippen LogP contribution < -0.4 is 0 Å². The molecular formula is C27H36O11. The maximum atomic E-state index is 12.9. The van der Waals surface area contributed by atoms with Crippen molar-refractivity contribution in [2.45, 2.75) is 121 Å². The fourth-order valence-corrected chi connectivity index (χ4v) is 7.34. The SMILES string of the molecule is CCC(=O)O[C@H]1CC(OC(C)=O)/C(C)=C\[C@@H]2OC(=O)[C@]3(C)O[C@]23[C@@H](O)[C@H]2[C@@]3(C)O[C@H]3C[C@H](OC(C)=O)[C@]12C. The average Bonchev–Trinajstić information content (AvgIpc) is 3.66. The lowest BCUT2D eigenvalue weighted by atomic mass is 9.53. The van der Waals surface area contributed by atoms with Crippen LogP contribution in [0.3, 0.4) is 0 Å². The lowest BCUT2D eigenvalue weighted by molar-refractivity contribution is -0.209. The first-order chi connectivity index (χ1) is 17.6. The molecule has 0 aromatic heterocycles. The zero-order valence-corrected chi connectivity index (χ0v) is 22.8. The Morgan fingerprint density at radius 2 is 1.68 bits per heavy atom. The van der Waals surface area contributed by atoms with Crippen LogP contribution in [0, 0.1) is 11.3 Å². The Labute approximate surface area is 221 Å². The molecule has 4 fully saturated rings. The highest BCUT2D eigenvalue weighted by atomic mass is 16.7. The van der Waals surface area contributed by atoms with E-state index in [0.29, 0.717) is 12.0 Å². The van der Waals surface area contributed by atoms with E-state index in [0.717, 1.165) is 0 Å². The molecule has 1 unspecified atom stereocenters. The van der Waals surface area contributed by atoms with E-state index < -0.39 is 82.5 Å². The molecule has 11 heteroatoms. The van der Waals surface area contributed by atoms with Crippen LogP contribution in [0.15, 0.2) is 11.6 Å². The van der Waals surface area contributed by atoms with E-state index in [-0.39, 0.29) is 18.9 Å². The summed E-state index contributed by atoms with van der Waals surface area (Å²) >= 11 is 0. The van der Waals surface area contributed by atoms with Crippen molar-refractivity contribution in [3.63, 3.8) is 0 Å². The number of carbonyl (C=O) groups excluding carboxylic acids is 4. The minimum absolute atomic E-state index is 0.0255. The summed E-state index contributed by atoms with van der Waals surface area (Å²) in [6, 6.07) is 0. The standard InChI is InChI=1S/C27H36O11/c1-8-20(30)35-16-10-15(33-13(3)28)12(2)9-19-27(26(7,38-27)23(32)36-19)22(31)21-24(16,5)17(34-14(4)29)11-18-25(21,6)37-18/h9,15-19,21-22,31H,8,10-11H2,1-7H3/b12-9-/t15?,16-,17-,18-,19-,21+,22-,24-,25-,26-,27-/m0/s1. The van der Waals surface area contributed by atoms with Crippen LogP contribution >= 0.6 is 0 Å². The smallest absolute Gasteiger partial charge is 0.342 e. The van der Waals surface area contributed by atoms with Crippen LogP contribution in [0.2, 0.25) is 0 Å². The van der Waals surface area contributed by atoms with E-state index in [4.69, 9.17) is 28.4 Å². The molecular weight excluding hydrogens is 500 g/mol. The van der Waals surface area contributed by atoms with Crippen LogP contribution in [0.5, 0.6) is 0 Å². The molecule has 0 radical (unpaired) electrons. The summed E-state index contributed by atoms with van der Waals surface area (Å²) in [5.74, 6) is -3.03. The second-order valence-electron chi connectivity index (χ2n) is 11.7. The van der Waals surface area contributed by atoms with Gasteiger partial charge in [-0.2, -0.15) is 0 Å². The predicted octanol–water partition coefficient (Wildman–Crippen LogP) is 1.52. The Morgan fingerprint density at radius 3 is 2.26 bits per heavy atom. The highest BCUT2D eigenvalue weighted by molar-refractivity contribution is 5.89. The van der Waals surface area contributed by atoms with E-state index in [1.807, 2.05) is 6.92 Å². The van der Waals surface area contributed by atoms with Gasteiger partial charge in [-0.05, 0) is 32.4 Å². The van der Waals surface area contributed by atoms with Crippen molar-refractivity contribution in [3.05, 3.63) is 11.6 Å². The molecule has 1 saturated carbocycles. The number of carbonyl (C=O) groups is 4. The third-order valence-electron chi connectivity index (χ3n) is 9.49. The lowest BCUT2D eigenvalue weighted by Crippen LogP contribution is -2.66. The van der Waals surface area contributed by atoms with Crippen LogP contribution in [0.25, 0.3) is 0 Å². The van der Waals surface area contributed by atoms with Crippen molar-refractivity contribution in [1.82, 2.24) is 0 Å². The van der Waals surface area contributed by atoms with Gasteiger partial charge < -0.3 is 33.5 Å². The topological polar surface area (TPSA) is 150 Å². The molecule has 1 spiro atoms. The normalized spacial score (nSPS) is 49.9. The first kappa shape index (κ1) is 27.1. The first-order valence-corrected chi connectivity index (χ1v) is 13.1. The van der Waals surface area contributed by atoms with E-state index in [1.54, 1.807) is 33.8 Å². The quantitative estimate of drug-likeness (QED) is 0.241. The van der Waals surface area contributed by atoms with Crippen LogP contribution in [-0.2, 0) is 47.6 Å². The van der Waals surface area contributed by atoms with Gasteiger partial charge in [0, 0.05) is 39.0 Å². The largest absolute Gasteiger partial charge is 0.462 e. The minimum Gasteiger partial charge on any atom is -0.462 e. The third-order valence-corrected chi connectivity index (χ3v) is 9.49. The Kier molecular flexibility index (Phi) is 6.06. The fourth-order valence-electron chi connectivity index (χ4n) is 7.34. The van der Waals surface area contributed by atoms with E-state index in [1.165, 1.54) is 13.8 Å². The Hall–Kier alpha value is -2.50. The van der Waals surface area contributed by atoms with Crippen molar-refractivity contribution in [2.24, 2.45) is 11.3 Å². The third kappa shape index (κ3) is 3.57. The number of aliphatic hydroxyl groups excluding tert-OH is 1. The highest BCUT2D eigenvalue weighted by Gasteiger charge is 2.88. The zero-order chi connectivity index (χ0) is 28.0. The second kappa shape index (κ2) is 8.50. The summed E-state index contributed by atoms with van der Waals surface area (Å²) in [4.78, 5) is 50.1. The van der Waals surface area contributed by atoms with Gasteiger partial charge in [-0.25, -0.2) is 4.79 Å². The average molecular weight is 537 g/mol. The predicted molar refractivity (Wildman–Crippen MR) is 127 cm³/mol. The molecule has 210 valence electrons.